The Morgan fingerprint density at radius 2 is 2.19 bits per heavy atom. The Kier molecular flexibility index (Phi) is 6.23. The number of aliphatic hydroxyl groups excluding tert-OH is 1. The third-order valence-corrected chi connectivity index (χ3v) is 2.92. The zero-order valence-electron chi connectivity index (χ0n) is 12.4. The topological polar surface area (TPSA) is 83.7 Å². The molecule has 0 bridgehead atoms. The van der Waals surface area contributed by atoms with Crippen molar-refractivity contribution in [3.05, 3.63) is 18.6 Å². The fourth-order valence-corrected chi connectivity index (χ4v) is 1.94. The second-order valence-corrected chi connectivity index (χ2v) is 4.68. The van der Waals surface area contributed by atoms with Gasteiger partial charge in [0.25, 0.3) is 0 Å². The molecule has 0 spiro atoms. The molecule has 0 saturated heterocycles. The van der Waals surface area contributed by atoms with Gasteiger partial charge in [0.1, 0.15) is 5.82 Å². The molecule has 0 aliphatic carbocycles. The van der Waals surface area contributed by atoms with E-state index in [0.717, 1.165) is 43.2 Å². The van der Waals surface area contributed by atoms with Crippen LogP contribution in [0.2, 0.25) is 0 Å². The molecule has 7 heteroatoms. The van der Waals surface area contributed by atoms with Gasteiger partial charge in [-0.1, -0.05) is 6.92 Å². The van der Waals surface area contributed by atoms with Crippen LogP contribution in [0.25, 0.3) is 5.65 Å². The van der Waals surface area contributed by atoms with Gasteiger partial charge in [0.05, 0.1) is 19.4 Å². The molecule has 2 rings (SSSR count). The number of ether oxygens (including phenoxy) is 1. The standard InChI is InChI=1S/C14H23N5O2/c1-2-4-15-12-11-19-7-6-17-14(19)13(18-12)16-5-3-9-21-10-8-20/h6-7,11,15,20H,2-5,8-10H2,1H3,(H,16,18). The van der Waals surface area contributed by atoms with E-state index in [1.807, 2.05) is 16.8 Å². The van der Waals surface area contributed by atoms with E-state index >= 15 is 0 Å². The number of aliphatic hydroxyl groups is 1. The van der Waals surface area contributed by atoms with Crippen molar-refractivity contribution in [2.75, 3.05) is 43.5 Å². The van der Waals surface area contributed by atoms with E-state index in [4.69, 9.17) is 9.84 Å². The monoisotopic (exact) mass is 293 g/mol. The zero-order chi connectivity index (χ0) is 14.9. The third-order valence-electron chi connectivity index (χ3n) is 2.92. The number of imidazole rings is 1. The summed E-state index contributed by atoms with van der Waals surface area (Å²) in [5.74, 6) is 1.60. The number of anilines is 2. The van der Waals surface area contributed by atoms with E-state index < -0.39 is 0 Å². The summed E-state index contributed by atoms with van der Waals surface area (Å²) >= 11 is 0. The van der Waals surface area contributed by atoms with Crippen LogP contribution in [-0.4, -0.2) is 52.4 Å². The second-order valence-electron chi connectivity index (χ2n) is 4.68. The highest BCUT2D eigenvalue weighted by Gasteiger charge is 2.06. The molecule has 0 radical (unpaired) electrons. The molecule has 2 aromatic rings. The largest absolute Gasteiger partial charge is 0.394 e. The van der Waals surface area contributed by atoms with Crippen LogP contribution in [0.4, 0.5) is 11.6 Å². The molecule has 0 atom stereocenters. The minimum Gasteiger partial charge on any atom is -0.394 e. The van der Waals surface area contributed by atoms with Crippen LogP contribution in [0.5, 0.6) is 0 Å². The third kappa shape index (κ3) is 4.57. The Morgan fingerprint density at radius 3 is 3.00 bits per heavy atom. The minimum atomic E-state index is 0.0643. The lowest BCUT2D eigenvalue weighted by molar-refractivity contribution is 0.0922. The second kappa shape index (κ2) is 8.43. The lowest BCUT2D eigenvalue weighted by atomic mass is 10.4. The van der Waals surface area contributed by atoms with Crippen LogP contribution in [0, 0.1) is 0 Å². The van der Waals surface area contributed by atoms with Gasteiger partial charge in [-0.3, -0.25) is 0 Å². The first-order valence-corrected chi connectivity index (χ1v) is 7.35. The SMILES string of the molecule is CCCNc1cn2ccnc2c(NCCCOCCO)n1. The van der Waals surface area contributed by atoms with E-state index in [1.54, 1.807) is 6.20 Å². The smallest absolute Gasteiger partial charge is 0.180 e. The van der Waals surface area contributed by atoms with Crippen LogP contribution >= 0.6 is 0 Å². The number of nitrogens with zero attached hydrogens (tertiary/aromatic N) is 3. The van der Waals surface area contributed by atoms with Crippen molar-refractivity contribution in [1.82, 2.24) is 14.4 Å². The van der Waals surface area contributed by atoms with Gasteiger partial charge >= 0.3 is 0 Å². The number of aromatic nitrogens is 3. The molecule has 2 heterocycles. The van der Waals surface area contributed by atoms with Crippen molar-refractivity contribution in [3.63, 3.8) is 0 Å². The Labute approximate surface area is 124 Å². The Balaban J connectivity index is 1.95. The molecule has 7 nitrogen and oxygen atoms in total. The maximum absolute atomic E-state index is 8.63. The summed E-state index contributed by atoms with van der Waals surface area (Å²) in [6, 6.07) is 0. The van der Waals surface area contributed by atoms with Crippen molar-refractivity contribution in [3.8, 4) is 0 Å². The molecular formula is C14H23N5O2. The summed E-state index contributed by atoms with van der Waals surface area (Å²) in [5, 5.41) is 15.2. The summed E-state index contributed by atoms with van der Waals surface area (Å²) in [6.07, 6.45) is 7.50. The average Bonchev–Trinajstić information content (AvgIpc) is 2.97. The molecule has 0 saturated carbocycles. The van der Waals surface area contributed by atoms with Crippen molar-refractivity contribution in [2.24, 2.45) is 0 Å². The predicted octanol–water partition coefficient (Wildman–Crippen LogP) is 1.36. The molecule has 0 aliphatic rings. The van der Waals surface area contributed by atoms with Crippen molar-refractivity contribution in [1.29, 1.82) is 0 Å². The summed E-state index contributed by atoms with van der Waals surface area (Å²) in [7, 11) is 0. The quantitative estimate of drug-likeness (QED) is 0.574. The first-order chi connectivity index (χ1) is 10.3. The average molecular weight is 293 g/mol. The van der Waals surface area contributed by atoms with Crippen LogP contribution in [0.3, 0.4) is 0 Å². The molecule has 0 amide bonds. The number of rotatable bonds is 10. The highest BCUT2D eigenvalue weighted by Crippen LogP contribution is 2.16. The minimum absolute atomic E-state index is 0.0643. The zero-order valence-corrected chi connectivity index (χ0v) is 12.4. The maximum Gasteiger partial charge on any atom is 0.180 e. The van der Waals surface area contributed by atoms with Crippen molar-refractivity contribution in [2.45, 2.75) is 19.8 Å². The Morgan fingerprint density at radius 1 is 1.29 bits per heavy atom. The van der Waals surface area contributed by atoms with E-state index in [0.29, 0.717) is 13.2 Å². The summed E-state index contributed by atoms with van der Waals surface area (Å²) in [5.41, 5.74) is 0.813. The molecule has 2 aromatic heterocycles. The molecule has 0 unspecified atom stereocenters. The number of fused-ring (bicyclic) bond motifs is 1. The summed E-state index contributed by atoms with van der Waals surface area (Å²) in [4.78, 5) is 8.87. The van der Waals surface area contributed by atoms with Crippen molar-refractivity contribution >= 4 is 17.3 Å². The molecule has 0 fully saturated rings. The first-order valence-electron chi connectivity index (χ1n) is 7.35. The molecule has 0 aromatic carbocycles. The fourth-order valence-electron chi connectivity index (χ4n) is 1.94. The number of hydrogen-bond donors (Lipinski definition) is 3. The van der Waals surface area contributed by atoms with Gasteiger partial charge in [0, 0.05) is 32.1 Å². The van der Waals surface area contributed by atoms with Gasteiger partial charge < -0.3 is 24.9 Å². The first kappa shape index (κ1) is 15.5. The van der Waals surface area contributed by atoms with Crippen LogP contribution in [0.15, 0.2) is 18.6 Å². The number of nitrogens with one attached hydrogen (secondary N) is 2. The maximum atomic E-state index is 8.63. The van der Waals surface area contributed by atoms with Crippen LogP contribution < -0.4 is 10.6 Å². The Hall–Kier alpha value is -1.86. The van der Waals surface area contributed by atoms with E-state index in [9.17, 15) is 0 Å². The normalized spacial score (nSPS) is 11.0. The van der Waals surface area contributed by atoms with E-state index in [2.05, 4.69) is 27.5 Å². The van der Waals surface area contributed by atoms with Crippen LogP contribution in [0.1, 0.15) is 19.8 Å². The lowest BCUT2D eigenvalue weighted by Crippen LogP contribution is -2.11. The van der Waals surface area contributed by atoms with Gasteiger partial charge in [0.2, 0.25) is 0 Å². The molecule has 116 valence electrons. The predicted molar refractivity (Wildman–Crippen MR) is 82.8 cm³/mol. The fraction of sp³-hybridized carbons (Fsp3) is 0.571. The van der Waals surface area contributed by atoms with Gasteiger partial charge in [0.15, 0.2) is 11.5 Å². The molecular weight excluding hydrogens is 270 g/mol. The summed E-state index contributed by atoms with van der Waals surface area (Å²) in [6.45, 7) is 4.83. The van der Waals surface area contributed by atoms with Gasteiger partial charge in [-0.05, 0) is 12.8 Å². The van der Waals surface area contributed by atoms with E-state index in [-0.39, 0.29) is 6.61 Å². The number of hydrogen-bond acceptors (Lipinski definition) is 6. The molecule has 21 heavy (non-hydrogen) atoms. The van der Waals surface area contributed by atoms with E-state index in [1.165, 1.54) is 0 Å². The van der Waals surface area contributed by atoms with Crippen molar-refractivity contribution < 1.29 is 9.84 Å². The van der Waals surface area contributed by atoms with Gasteiger partial charge in [-0.25, -0.2) is 9.97 Å². The Bertz CT molecular complexity index is 543. The molecule has 3 N–H and O–H groups in total. The van der Waals surface area contributed by atoms with Crippen LogP contribution in [-0.2, 0) is 4.74 Å². The highest BCUT2D eigenvalue weighted by atomic mass is 16.5. The van der Waals surface area contributed by atoms with Gasteiger partial charge in [-0.15, -0.1) is 0 Å². The van der Waals surface area contributed by atoms with Gasteiger partial charge in [-0.2, -0.15) is 0 Å². The lowest BCUT2D eigenvalue weighted by Gasteiger charge is -2.10. The highest BCUT2D eigenvalue weighted by molar-refractivity contribution is 5.65. The molecule has 0 aliphatic heterocycles. The summed E-state index contributed by atoms with van der Waals surface area (Å²) < 4.78 is 7.18.